The molecule has 0 saturated carbocycles. The van der Waals surface area contributed by atoms with Crippen molar-refractivity contribution in [1.29, 1.82) is 0 Å². The predicted molar refractivity (Wildman–Crippen MR) is 95.9 cm³/mol. The number of amides is 1. The Morgan fingerprint density at radius 3 is 2.62 bits per heavy atom. The maximum Gasteiger partial charge on any atom is 0.255 e. The number of hydrogen-bond donors (Lipinski definition) is 0. The summed E-state index contributed by atoms with van der Waals surface area (Å²) in [4.78, 5) is 20.2. The van der Waals surface area contributed by atoms with E-state index in [-0.39, 0.29) is 5.91 Å². The van der Waals surface area contributed by atoms with Crippen LogP contribution in [0, 0.1) is 6.92 Å². The second kappa shape index (κ2) is 5.87. The molecule has 1 aliphatic rings. The van der Waals surface area contributed by atoms with Crippen molar-refractivity contribution >= 4 is 27.8 Å². The molecule has 0 radical (unpaired) electrons. The molecule has 6 heteroatoms. The van der Waals surface area contributed by atoms with Crippen LogP contribution in [0.4, 0.5) is 0 Å². The fraction of sp³-hybridized carbons (Fsp3) is 0.278. The molecule has 1 amide bonds. The largest absolute Gasteiger partial charge is 0.339 e. The lowest BCUT2D eigenvalue weighted by Crippen LogP contribution is -2.28. The van der Waals surface area contributed by atoms with E-state index in [1.807, 2.05) is 42.2 Å². The minimum atomic E-state index is -0.0165. The summed E-state index contributed by atoms with van der Waals surface area (Å²) >= 11 is 1.52. The van der Waals surface area contributed by atoms with Crippen LogP contribution in [0.5, 0.6) is 0 Å². The molecule has 1 saturated heterocycles. The highest BCUT2D eigenvalue weighted by atomic mass is 32.1. The Morgan fingerprint density at radius 1 is 1.21 bits per heavy atom. The summed E-state index contributed by atoms with van der Waals surface area (Å²) in [7, 11) is 0. The Morgan fingerprint density at radius 2 is 1.92 bits per heavy atom. The summed E-state index contributed by atoms with van der Waals surface area (Å²) in [6, 6.07) is 9.90. The van der Waals surface area contributed by atoms with Gasteiger partial charge in [-0.25, -0.2) is 9.50 Å². The fourth-order valence-electron chi connectivity index (χ4n) is 3.12. The van der Waals surface area contributed by atoms with E-state index in [4.69, 9.17) is 4.98 Å². The number of aryl methyl sites for hydroxylation is 1. The van der Waals surface area contributed by atoms with Crippen LogP contribution in [-0.4, -0.2) is 38.5 Å². The second-order valence-electron chi connectivity index (χ2n) is 5.97. The van der Waals surface area contributed by atoms with Crippen LogP contribution in [0.3, 0.4) is 0 Å². The van der Waals surface area contributed by atoms with Crippen molar-refractivity contribution in [3.63, 3.8) is 0 Å². The number of benzene rings is 1. The van der Waals surface area contributed by atoms with Crippen LogP contribution < -0.4 is 0 Å². The van der Waals surface area contributed by atoms with Crippen molar-refractivity contribution < 1.29 is 4.79 Å². The van der Waals surface area contributed by atoms with E-state index in [0.717, 1.165) is 47.2 Å². The summed E-state index contributed by atoms with van der Waals surface area (Å²) in [6.07, 6.45) is 2.12. The number of hydrogen-bond acceptors (Lipinski definition) is 4. The monoisotopic (exact) mass is 338 g/mol. The Balaban J connectivity index is 1.85. The van der Waals surface area contributed by atoms with Gasteiger partial charge in [-0.2, -0.15) is 5.10 Å². The smallest absolute Gasteiger partial charge is 0.255 e. The zero-order valence-corrected chi connectivity index (χ0v) is 14.3. The summed E-state index contributed by atoms with van der Waals surface area (Å²) in [5, 5.41) is 5.45. The lowest BCUT2D eigenvalue weighted by molar-refractivity contribution is -0.124. The SMILES string of the molecule is C=C(C(=O)N1CCCC1)c1c(-c2ccccc2)nc2sc(C)nn12. The molecule has 5 nitrogen and oxygen atoms in total. The van der Waals surface area contributed by atoms with Crippen LogP contribution in [0.1, 0.15) is 23.5 Å². The number of likely N-dealkylation sites (tertiary alicyclic amines) is 1. The van der Waals surface area contributed by atoms with Gasteiger partial charge in [-0.3, -0.25) is 4.79 Å². The number of fused-ring (bicyclic) bond motifs is 1. The van der Waals surface area contributed by atoms with Crippen LogP contribution >= 0.6 is 11.3 Å². The van der Waals surface area contributed by atoms with Crippen molar-refractivity contribution in [3.8, 4) is 11.3 Å². The number of rotatable bonds is 3. The molecular weight excluding hydrogens is 320 g/mol. The van der Waals surface area contributed by atoms with Crippen LogP contribution in [0.25, 0.3) is 21.8 Å². The van der Waals surface area contributed by atoms with Crippen molar-refractivity contribution in [2.75, 3.05) is 13.1 Å². The van der Waals surface area contributed by atoms with Crippen molar-refractivity contribution in [2.24, 2.45) is 0 Å². The lowest BCUT2D eigenvalue weighted by Gasteiger charge is -2.17. The molecule has 0 N–H and O–H groups in total. The van der Waals surface area contributed by atoms with E-state index in [9.17, 15) is 4.79 Å². The van der Waals surface area contributed by atoms with E-state index in [1.165, 1.54) is 11.3 Å². The lowest BCUT2D eigenvalue weighted by atomic mass is 10.1. The Hall–Kier alpha value is -2.47. The standard InChI is InChI=1S/C18H18N4OS/c1-12(17(23)21-10-6-7-11-21)16-15(14-8-4-3-5-9-14)19-18-22(16)20-13(2)24-18/h3-5,8-9H,1,6-7,10-11H2,2H3. The van der Waals surface area contributed by atoms with Gasteiger partial charge in [-0.1, -0.05) is 48.2 Å². The first-order valence-electron chi connectivity index (χ1n) is 8.05. The Kier molecular flexibility index (Phi) is 3.69. The van der Waals surface area contributed by atoms with Crippen molar-refractivity contribution in [2.45, 2.75) is 19.8 Å². The average molecular weight is 338 g/mol. The first kappa shape index (κ1) is 15.1. The average Bonchev–Trinajstić information content (AvgIpc) is 3.29. The van der Waals surface area contributed by atoms with Crippen LogP contribution in [0.15, 0.2) is 36.9 Å². The van der Waals surface area contributed by atoms with Crippen LogP contribution in [-0.2, 0) is 4.79 Å². The molecule has 24 heavy (non-hydrogen) atoms. The molecule has 4 rings (SSSR count). The van der Waals surface area contributed by atoms with Gasteiger partial charge in [0.2, 0.25) is 4.96 Å². The Bertz CT molecular complexity index is 919. The molecule has 0 spiro atoms. The van der Waals surface area contributed by atoms with Gasteiger partial charge in [0.25, 0.3) is 5.91 Å². The van der Waals surface area contributed by atoms with E-state index in [1.54, 1.807) is 4.52 Å². The van der Waals surface area contributed by atoms with Gasteiger partial charge in [0.05, 0.1) is 5.57 Å². The zero-order chi connectivity index (χ0) is 16.7. The van der Waals surface area contributed by atoms with Gasteiger partial charge in [0.15, 0.2) is 0 Å². The number of imidazole rings is 1. The molecule has 1 aromatic carbocycles. The summed E-state index contributed by atoms with van der Waals surface area (Å²) in [5.41, 5.74) is 2.91. The highest BCUT2D eigenvalue weighted by Crippen LogP contribution is 2.32. The first-order chi connectivity index (χ1) is 11.6. The van der Waals surface area contributed by atoms with Crippen molar-refractivity contribution in [1.82, 2.24) is 19.5 Å². The third kappa shape index (κ3) is 2.43. The molecule has 3 heterocycles. The quantitative estimate of drug-likeness (QED) is 0.688. The third-order valence-corrected chi connectivity index (χ3v) is 5.11. The zero-order valence-electron chi connectivity index (χ0n) is 13.5. The highest BCUT2D eigenvalue weighted by Gasteiger charge is 2.27. The summed E-state index contributed by atoms with van der Waals surface area (Å²) < 4.78 is 1.76. The molecular formula is C18H18N4OS. The van der Waals surface area contributed by atoms with E-state index in [0.29, 0.717) is 11.3 Å². The Labute approximate surface area is 144 Å². The van der Waals surface area contributed by atoms with Crippen LogP contribution in [0.2, 0.25) is 0 Å². The molecule has 1 fully saturated rings. The van der Waals surface area contributed by atoms with Crippen molar-refractivity contribution in [3.05, 3.63) is 47.6 Å². The number of aromatic nitrogens is 3. The minimum absolute atomic E-state index is 0.0165. The molecule has 0 unspecified atom stereocenters. The maximum absolute atomic E-state index is 12.8. The molecule has 0 aliphatic carbocycles. The number of carbonyl (C=O) groups is 1. The van der Waals surface area contributed by atoms with Gasteiger partial charge in [-0.05, 0) is 19.8 Å². The molecule has 122 valence electrons. The van der Waals surface area contributed by atoms with E-state index in [2.05, 4.69) is 11.7 Å². The summed E-state index contributed by atoms with van der Waals surface area (Å²) in [5.74, 6) is -0.0165. The predicted octanol–water partition coefficient (Wildman–Crippen LogP) is 3.40. The highest BCUT2D eigenvalue weighted by molar-refractivity contribution is 7.16. The molecule has 2 aromatic heterocycles. The fourth-order valence-corrected chi connectivity index (χ4v) is 3.87. The van der Waals surface area contributed by atoms with Gasteiger partial charge < -0.3 is 4.90 Å². The number of carbonyl (C=O) groups excluding carboxylic acids is 1. The molecule has 0 bridgehead atoms. The van der Waals surface area contributed by atoms with Gasteiger partial charge in [0.1, 0.15) is 16.4 Å². The van der Waals surface area contributed by atoms with Gasteiger partial charge in [-0.15, -0.1) is 0 Å². The minimum Gasteiger partial charge on any atom is -0.339 e. The maximum atomic E-state index is 12.8. The van der Waals surface area contributed by atoms with Gasteiger partial charge >= 0.3 is 0 Å². The van der Waals surface area contributed by atoms with E-state index < -0.39 is 0 Å². The van der Waals surface area contributed by atoms with Gasteiger partial charge in [0, 0.05) is 18.7 Å². The summed E-state index contributed by atoms with van der Waals surface area (Å²) in [6.45, 7) is 7.64. The topological polar surface area (TPSA) is 50.5 Å². The first-order valence-corrected chi connectivity index (χ1v) is 8.87. The normalized spacial score (nSPS) is 14.5. The molecule has 0 atom stereocenters. The third-order valence-electron chi connectivity index (χ3n) is 4.29. The van der Waals surface area contributed by atoms with E-state index >= 15 is 0 Å². The molecule has 1 aliphatic heterocycles. The number of nitrogens with zero attached hydrogens (tertiary/aromatic N) is 4. The molecule has 3 aromatic rings. The second-order valence-corrected chi connectivity index (χ2v) is 7.13.